The van der Waals surface area contributed by atoms with Gasteiger partial charge in [0, 0.05) is 4.47 Å². The molecule has 14 heavy (non-hydrogen) atoms. The van der Waals surface area contributed by atoms with E-state index in [1.54, 1.807) is 0 Å². The van der Waals surface area contributed by atoms with Crippen LogP contribution < -0.4 is 0 Å². The number of halogens is 1. The van der Waals surface area contributed by atoms with Crippen LogP contribution in [0.25, 0.3) is 10.8 Å². The smallest absolute Gasteiger partial charge is 0.0288 e. The first-order valence-corrected chi connectivity index (χ1v) is 5.62. The molecule has 0 aliphatic carbocycles. The molecule has 2 aromatic carbocycles. The fourth-order valence-electron chi connectivity index (χ4n) is 1.63. The number of hydrogen-bond donors (Lipinski definition) is 0. The molecule has 0 spiro atoms. The van der Waals surface area contributed by atoms with Gasteiger partial charge in [-0.2, -0.15) is 0 Å². The minimum atomic E-state index is 1.07. The lowest BCUT2D eigenvalue weighted by molar-refractivity contribution is 1.12. The van der Waals surface area contributed by atoms with Crippen molar-refractivity contribution in [3.05, 3.63) is 52.9 Å². The van der Waals surface area contributed by atoms with Crippen LogP contribution in [0.4, 0.5) is 0 Å². The highest BCUT2D eigenvalue weighted by Crippen LogP contribution is 2.28. The van der Waals surface area contributed by atoms with Crippen molar-refractivity contribution < 1.29 is 0 Å². The molecule has 0 nitrogen and oxygen atoms in total. The molecule has 0 atom stereocenters. The molecule has 1 radical (unpaired) electrons. The predicted octanol–water partition coefficient (Wildman–Crippen LogP) is 4.56. The summed E-state index contributed by atoms with van der Waals surface area (Å²) in [6.07, 6.45) is 3.30. The van der Waals surface area contributed by atoms with Crippen LogP contribution in [-0.2, 0) is 0 Å². The van der Waals surface area contributed by atoms with Crippen LogP contribution in [0.1, 0.15) is 18.9 Å². The first-order valence-electron chi connectivity index (χ1n) is 4.83. The normalized spacial score (nSPS) is 10.7. The number of benzene rings is 2. The molecule has 0 heterocycles. The Kier molecular flexibility index (Phi) is 2.87. The molecule has 71 valence electrons. The second kappa shape index (κ2) is 4.14. The van der Waals surface area contributed by atoms with E-state index < -0.39 is 0 Å². The molecule has 0 aliphatic heterocycles. The molecule has 0 aromatic heterocycles. The molecule has 0 aliphatic rings. The summed E-state index contributed by atoms with van der Waals surface area (Å²) in [6, 6.07) is 12.8. The number of rotatable bonds is 2. The molecule has 0 unspecified atom stereocenters. The molecule has 2 aromatic rings. The van der Waals surface area contributed by atoms with Gasteiger partial charge >= 0.3 is 0 Å². The van der Waals surface area contributed by atoms with E-state index in [4.69, 9.17) is 0 Å². The SMILES string of the molecule is CC[CH]c1ccc2ccccc2c1Br. The standard InChI is InChI=1S/C13H12Br/c1-2-5-11-9-8-10-6-3-4-7-12(10)13(11)14/h3-9H,2H2,1H3. The zero-order chi connectivity index (χ0) is 9.97. The van der Waals surface area contributed by atoms with Crippen LogP contribution in [-0.4, -0.2) is 0 Å². The lowest BCUT2D eigenvalue weighted by Gasteiger charge is -2.06. The molecular weight excluding hydrogens is 236 g/mol. The van der Waals surface area contributed by atoms with Crippen molar-refractivity contribution in [1.29, 1.82) is 0 Å². The first kappa shape index (κ1) is 9.72. The monoisotopic (exact) mass is 247 g/mol. The van der Waals surface area contributed by atoms with E-state index >= 15 is 0 Å². The molecular formula is C13H12Br. The van der Waals surface area contributed by atoms with Gasteiger partial charge in [-0.15, -0.1) is 0 Å². The lowest BCUT2D eigenvalue weighted by Crippen LogP contribution is -1.84. The molecule has 0 saturated heterocycles. The van der Waals surface area contributed by atoms with Gasteiger partial charge in [-0.25, -0.2) is 0 Å². The van der Waals surface area contributed by atoms with E-state index in [1.165, 1.54) is 20.8 Å². The van der Waals surface area contributed by atoms with Gasteiger partial charge in [0.2, 0.25) is 0 Å². The Morgan fingerprint density at radius 3 is 2.71 bits per heavy atom. The van der Waals surface area contributed by atoms with Crippen LogP contribution >= 0.6 is 15.9 Å². The quantitative estimate of drug-likeness (QED) is 0.730. The Morgan fingerprint density at radius 2 is 1.93 bits per heavy atom. The van der Waals surface area contributed by atoms with Crippen LogP contribution in [0.3, 0.4) is 0 Å². The van der Waals surface area contributed by atoms with Gasteiger partial charge in [0.25, 0.3) is 0 Å². The van der Waals surface area contributed by atoms with Crippen LogP contribution in [0.2, 0.25) is 0 Å². The molecule has 0 bridgehead atoms. The van der Waals surface area contributed by atoms with E-state index in [0.717, 1.165) is 6.42 Å². The summed E-state index contributed by atoms with van der Waals surface area (Å²) >= 11 is 3.65. The summed E-state index contributed by atoms with van der Waals surface area (Å²) in [6.45, 7) is 2.15. The van der Waals surface area contributed by atoms with Crippen molar-refractivity contribution in [2.24, 2.45) is 0 Å². The third-order valence-corrected chi connectivity index (χ3v) is 3.20. The van der Waals surface area contributed by atoms with Gasteiger partial charge < -0.3 is 0 Å². The van der Waals surface area contributed by atoms with Crippen molar-refractivity contribution in [2.75, 3.05) is 0 Å². The molecule has 2 rings (SSSR count). The van der Waals surface area contributed by atoms with Crippen molar-refractivity contribution >= 4 is 26.7 Å². The van der Waals surface area contributed by atoms with Crippen molar-refractivity contribution in [3.63, 3.8) is 0 Å². The second-order valence-electron chi connectivity index (χ2n) is 3.30. The summed E-state index contributed by atoms with van der Waals surface area (Å²) in [5.74, 6) is 0. The fourth-order valence-corrected chi connectivity index (χ4v) is 2.28. The van der Waals surface area contributed by atoms with E-state index in [-0.39, 0.29) is 0 Å². The van der Waals surface area contributed by atoms with Gasteiger partial charge in [-0.05, 0) is 45.1 Å². The van der Waals surface area contributed by atoms with E-state index in [1.807, 2.05) is 0 Å². The van der Waals surface area contributed by atoms with Crippen molar-refractivity contribution in [1.82, 2.24) is 0 Å². The summed E-state index contributed by atoms with van der Waals surface area (Å²) in [7, 11) is 0. The number of fused-ring (bicyclic) bond motifs is 1. The first-order chi connectivity index (χ1) is 6.83. The number of hydrogen-bond acceptors (Lipinski definition) is 0. The van der Waals surface area contributed by atoms with E-state index in [2.05, 4.69) is 65.7 Å². The topological polar surface area (TPSA) is 0 Å². The Hall–Kier alpha value is -0.820. The zero-order valence-electron chi connectivity index (χ0n) is 8.13. The maximum absolute atomic E-state index is 3.65. The highest BCUT2D eigenvalue weighted by atomic mass is 79.9. The van der Waals surface area contributed by atoms with Crippen LogP contribution in [0.15, 0.2) is 40.9 Å². The van der Waals surface area contributed by atoms with E-state index in [0.29, 0.717) is 0 Å². The van der Waals surface area contributed by atoms with Gasteiger partial charge in [-0.3, -0.25) is 0 Å². The minimum Gasteiger partial charge on any atom is -0.0648 e. The van der Waals surface area contributed by atoms with Crippen LogP contribution in [0.5, 0.6) is 0 Å². The average molecular weight is 248 g/mol. The summed E-state index contributed by atoms with van der Waals surface area (Å²) in [5.41, 5.74) is 1.28. The Labute approximate surface area is 93.1 Å². The highest BCUT2D eigenvalue weighted by molar-refractivity contribution is 9.10. The summed E-state index contributed by atoms with van der Waals surface area (Å²) < 4.78 is 1.21. The predicted molar refractivity (Wildman–Crippen MR) is 65.3 cm³/mol. The van der Waals surface area contributed by atoms with Gasteiger partial charge in [-0.1, -0.05) is 43.3 Å². The lowest BCUT2D eigenvalue weighted by atomic mass is 10.0. The van der Waals surface area contributed by atoms with Gasteiger partial charge in [0.15, 0.2) is 0 Å². The second-order valence-corrected chi connectivity index (χ2v) is 4.10. The third kappa shape index (κ3) is 1.69. The fraction of sp³-hybridized carbons (Fsp3) is 0.154. The summed E-state index contributed by atoms with van der Waals surface area (Å²) in [4.78, 5) is 0. The maximum Gasteiger partial charge on any atom is 0.0288 e. The average Bonchev–Trinajstić information content (AvgIpc) is 2.23. The maximum atomic E-state index is 3.65. The minimum absolute atomic E-state index is 1.07. The Bertz CT molecular complexity index is 446. The molecule has 0 fully saturated rings. The highest BCUT2D eigenvalue weighted by Gasteiger charge is 2.03. The molecule has 0 N–H and O–H groups in total. The summed E-state index contributed by atoms with van der Waals surface area (Å²) in [5, 5.41) is 2.57. The molecule has 0 saturated carbocycles. The molecule has 0 amide bonds. The van der Waals surface area contributed by atoms with Gasteiger partial charge in [0.05, 0.1) is 0 Å². The third-order valence-electron chi connectivity index (χ3n) is 2.32. The van der Waals surface area contributed by atoms with Crippen molar-refractivity contribution in [3.8, 4) is 0 Å². The molecule has 1 heteroatoms. The largest absolute Gasteiger partial charge is 0.0648 e. The van der Waals surface area contributed by atoms with Crippen molar-refractivity contribution in [2.45, 2.75) is 13.3 Å². The van der Waals surface area contributed by atoms with Crippen LogP contribution in [0, 0.1) is 6.42 Å². The van der Waals surface area contributed by atoms with Gasteiger partial charge in [0.1, 0.15) is 0 Å². The zero-order valence-corrected chi connectivity index (χ0v) is 9.71. The Morgan fingerprint density at radius 1 is 1.14 bits per heavy atom. The van der Waals surface area contributed by atoms with E-state index in [9.17, 15) is 0 Å². The Balaban J connectivity index is 2.63.